The lowest BCUT2D eigenvalue weighted by atomic mass is 9.52. The van der Waals surface area contributed by atoms with E-state index in [4.69, 9.17) is 11.6 Å². The van der Waals surface area contributed by atoms with Crippen molar-refractivity contribution in [2.24, 2.45) is 17.8 Å². The summed E-state index contributed by atoms with van der Waals surface area (Å²) in [5.74, 6) is 2.74. The molecule has 1 aromatic rings. The first-order valence-corrected chi connectivity index (χ1v) is 16.1. The molecule has 1 aromatic carbocycles. The van der Waals surface area contributed by atoms with Crippen molar-refractivity contribution in [1.29, 1.82) is 0 Å². The van der Waals surface area contributed by atoms with Gasteiger partial charge in [0.05, 0.1) is 0 Å². The van der Waals surface area contributed by atoms with Crippen LogP contribution in [0, 0.1) is 17.8 Å². The van der Waals surface area contributed by atoms with E-state index >= 15 is 0 Å². The number of unbranched alkanes of at least 4 members (excludes halogenated alkanes) is 4. The van der Waals surface area contributed by atoms with Gasteiger partial charge in [0.2, 0.25) is 11.8 Å². The fourth-order valence-corrected chi connectivity index (χ4v) is 9.64. The summed E-state index contributed by atoms with van der Waals surface area (Å²) in [5, 5.41) is 6.81. The van der Waals surface area contributed by atoms with Crippen molar-refractivity contribution in [3.8, 4) is 0 Å². The molecule has 5 fully saturated rings. The number of carbonyl (C=O) groups excluding carboxylic acids is 3. The van der Waals surface area contributed by atoms with Crippen molar-refractivity contribution < 1.29 is 14.4 Å². The lowest BCUT2D eigenvalue weighted by Crippen LogP contribution is -2.61. The zero-order valence-corrected chi connectivity index (χ0v) is 23.8. The number of benzene rings is 1. The fraction of sp³-hybridized carbons (Fsp3) is 0.700. The SMILES string of the molecule is O=C1CCC(N2Cc3c(SCCCCCCCNC45CC6CC(C4)C(Cl)C(C6)C5)cccc3C2=O)C(=O)N1. The summed E-state index contributed by atoms with van der Waals surface area (Å²) in [4.78, 5) is 39.6. The van der Waals surface area contributed by atoms with Gasteiger partial charge in [0.25, 0.3) is 5.91 Å². The van der Waals surface area contributed by atoms with E-state index in [-0.39, 0.29) is 24.1 Å². The van der Waals surface area contributed by atoms with Crippen molar-refractivity contribution >= 4 is 41.1 Å². The molecule has 0 radical (unpaired) electrons. The number of hydrogen-bond donors (Lipinski definition) is 2. The molecule has 0 spiro atoms. The van der Waals surface area contributed by atoms with E-state index in [2.05, 4.69) is 16.7 Å². The number of carbonyl (C=O) groups is 3. The monoisotopic (exact) mass is 557 g/mol. The Morgan fingerprint density at radius 2 is 1.79 bits per heavy atom. The molecule has 6 nitrogen and oxygen atoms in total. The molecule has 6 aliphatic rings. The van der Waals surface area contributed by atoms with Gasteiger partial charge in [0.15, 0.2) is 0 Å². The van der Waals surface area contributed by atoms with Crippen LogP contribution in [-0.2, 0) is 16.1 Å². The van der Waals surface area contributed by atoms with Gasteiger partial charge in [0.1, 0.15) is 6.04 Å². The first kappa shape index (κ1) is 26.6. The van der Waals surface area contributed by atoms with Crippen molar-refractivity contribution in [1.82, 2.24) is 15.5 Å². The zero-order valence-electron chi connectivity index (χ0n) is 22.2. The van der Waals surface area contributed by atoms with E-state index in [0.717, 1.165) is 40.5 Å². The first-order valence-electron chi connectivity index (χ1n) is 14.7. The number of hydrogen-bond acceptors (Lipinski definition) is 5. The van der Waals surface area contributed by atoms with Crippen molar-refractivity contribution in [3.63, 3.8) is 0 Å². The van der Waals surface area contributed by atoms with Crippen molar-refractivity contribution in [2.45, 2.75) is 105 Å². The number of rotatable bonds is 11. The lowest BCUT2D eigenvalue weighted by molar-refractivity contribution is -0.136. The van der Waals surface area contributed by atoms with Crippen LogP contribution in [0.1, 0.15) is 93.0 Å². The van der Waals surface area contributed by atoms with Gasteiger partial charge in [0, 0.05) is 34.3 Å². The Hall–Kier alpha value is -1.57. The Morgan fingerprint density at radius 3 is 2.58 bits per heavy atom. The molecule has 3 amide bonds. The quantitative estimate of drug-likeness (QED) is 0.168. The topological polar surface area (TPSA) is 78.5 Å². The summed E-state index contributed by atoms with van der Waals surface area (Å²) < 4.78 is 0. The number of alkyl halides is 1. The molecule has 3 unspecified atom stereocenters. The Labute approximate surface area is 235 Å². The fourth-order valence-electron chi connectivity index (χ4n) is 8.16. The summed E-state index contributed by atoms with van der Waals surface area (Å²) in [7, 11) is 0. The van der Waals surface area contributed by atoms with Crippen LogP contribution in [0.2, 0.25) is 0 Å². The number of nitrogens with zero attached hydrogens (tertiary/aromatic N) is 1. The van der Waals surface area contributed by atoms with Crippen LogP contribution in [0.15, 0.2) is 23.1 Å². The largest absolute Gasteiger partial charge is 0.322 e. The normalized spacial score (nSPS) is 33.7. The maximum Gasteiger partial charge on any atom is 0.255 e. The predicted molar refractivity (Wildman–Crippen MR) is 150 cm³/mol. The average Bonchev–Trinajstić information content (AvgIpc) is 3.22. The van der Waals surface area contributed by atoms with Gasteiger partial charge in [-0.15, -0.1) is 23.4 Å². The zero-order chi connectivity index (χ0) is 26.3. The van der Waals surface area contributed by atoms with Gasteiger partial charge >= 0.3 is 0 Å². The molecule has 38 heavy (non-hydrogen) atoms. The second kappa shape index (κ2) is 11.1. The summed E-state index contributed by atoms with van der Waals surface area (Å²) in [6.07, 6.45) is 13.6. The van der Waals surface area contributed by atoms with Gasteiger partial charge in [-0.1, -0.05) is 25.3 Å². The highest BCUT2D eigenvalue weighted by Crippen LogP contribution is 2.57. The number of piperidine rings is 1. The molecule has 2 heterocycles. The second-order valence-corrected chi connectivity index (χ2v) is 14.1. The van der Waals surface area contributed by atoms with Crippen LogP contribution in [0.25, 0.3) is 0 Å². The van der Waals surface area contributed by atoms with Gasteiger partial charge < -0.3 is 10.2 Å². The summed E-state index contributed by atoms with van der Waals surface area (Å²) >= 11 is 8.55. The molecule has 4 bridgehead atoms. The highest BCUT2D eigenvalue weighted by molar-refractivity contribution is 7.99. The number of thioether (sulfide) groups is 1. The third-order valence-electron chi connectivity index (χ3n) is 9.78. The van der Waals surface area contributed by atoms with Crippen molar-refractivity contribution in [3.05, 3.63) is 29.3 Å². The molecule has 2 N–H and O–H groups in total. The minimum Gasteiger partial charge on any atom is -0.322 e. The van der Waals surface area contributed by atoms with Crippen LogP contribution < -0.4 is 10.6 Å². The first-order chi connectivity index (χ1) is 18.4. The average molecular weight is 558 g/mol. The van der Waals surface area contributed by atoms with E-state index in [1.807, 2.05) is 23.9 Å². The van der Waals surface area contributed by atoms with Crippen LogP contribution in [-0.4, -0.2) is 51.9 Å². The van der Waals surface area contributed by atoms with E-state index in [0.29, 0.717) is 29.4 Å². The lowest BCUT2D eigenvalue weighted by Gasteiger charge is -2.59. The molecule has 2 aliphatic heterocycles. The minimum atomic E-state index is -0.555. The molecule has 1 saturated heterocycles. The van der Waals surface area contributed by atoms with Gasteiger partial charge in [-0.2, -0.15) is 0 Å². The highest BCUT2D eigenvalue weighted by atomic mass is 35.5. The Morgan fingerprint density at radius 1 is 1.03 bits per heavy atom. The third kappa shape index (κ3) is 5.27. The molecule has 8 heteroatoms. The number of halogens is 1. The molecule has 3 atom stereocenters. The number of amides is 3. The number of fused-ring (bicyclic) bond motifs is 1. The Kier molecular flexibility index (Phi) is 7.80. The summed E-state index contributed by atoms with van der Waals surface area (Å²) in [5.41, 5.74) is 2.13. The van der Waals surface area contributed by atoms with Crippen LogP contribution in [0.5, 0.6) is 0 Å². The van der Waals surface area contributed by atoms with Crippen LogP contribution in [0.3, 0.4) is 0 Å². The number of nitrogens with one attached hydrogen (secondary N) is 2. The maximum atomic E-state index is 13.0. The highest BCUT2D eigenvalue weighted by Gasteiger charge is 2.54. The molecular weight excluding hydrogens is 518 g/mol. The van der Waals surface area contributed by atoms with Gasteiger partial charge in [-0.3, -0.25) is 19.7 Å². The molecule has 4 aliphatic carbocycles. The molecular formula is C30H40ClN3O3S. The standard InChI is InChI=1S/C30H40ClN3O3S/c31-27-20-13-19-14-21(27)17-30(15-19,16-20)32-11-4-2-1-3-5-12-38-25-8-6-7-22-23(25)18-34(29(22)37)24-9-10-26(35)33-28(24)36/h6-8,19-21,24,27,32H,1-5,9-18H2,(H,33,35,36). The maximum absolute atomic E-state index is 13.0. The molecule has 4 saturated carbocycles. The second-order valence-electron chi connectivity index (χ2n) is 12.4. The van der Waals surface area contributed by atoms with E-state index in [1.165, 1.54) is 64.2 Å². The van der Waals surface area contributed by atoms with Gasteiger partial charge in [-0.25, -0.2) is 0 Å². The summed E-state index contributed by atoms with van der Waals surface area (Å²) in [6, 6.07) is 5.34. The van der Waals surface area contributed by atoms with E-state index < -0.39 is 6.04 Å². The number of imide groups is 1. The van der Waals surface area contributed by atoms with E-state index in [1.54, 1.807) is 4.90 Å². The smallest absolute Gasteiger partial charge is 0.255 e. The molecule has 7 rings (SSSR count). The third-order valence-corrected chi connectivity index (χ3v) is 11.7. The molecule has 206 valence electrons. The van der Waals surface area contributed by atoms with Crippen LogP contribution in [0.4, 0.5) is 0 Å². The van der Waals surface area contributed by atoms with Gasteiger partial charge in [-0.05, 0) is 99.1 Å². The predicted octanol–water partition coefficient (Wildman–Crippen LogP) is 5.27. The van der Waals surface area contributed by atoms with Crippen molar-refractivity contribution in [2.75, 3.05) is 12.3 Å². The van der Waals surface area contributed by atoms with E-state index in [9.17, 15) is 14.4 Å². The Bertz CT molecular complexity index is 1080. The summed E-state index contributed by atoms with van der Waals surface area (Å²) in [6.45, 7) is 1.59. The molecule has 0 aromatic heterocycles. The minimum absolute atomic E-state index is 0.0958. The van der Waals surface area contributed by atoms with Crippen LogP contribution >= 0.6 is 23.4 Å². The Balaban J connectivity index is 0.895.